The molecule has 2 heterocycles. The highest BCUT2D eigenvalue weighted by atomic mass is 32.1. The van der Waals surface area contributed by atoms with Crippen molar-refractivity contribution in [3.63, 3.8) is 0 Å². The molecule has 21 heavy (non-hydrogen) atoms. The minimum absolute atomic E-state index is 0.0155. The van der Waals surface area contributed by atoms with Crippen LogP contribution >= 0.6 is 11.3 Å². The summed E-state index contributed by atoms with van der Waals surface area (Å²) in [5.41, 5.74) is 0. The van der Waals surface area contributed by atoms with Crippen LogP contribution in [0.4, 0.5) is 0 Å². The van der Waals surface area contributed by atoms with E-state index in [1.165, 1.54) is 16.1 Å². The fourth-order valence-corrected chi connectivity index (χ4v) is 3.12. The minimum atomic E-state index is -0.451. The number of hydrogen-bond donors (Lipinski definition) is 2. The Morgan fingerprint density at radius 3 is 3.10 bits per heavy atom. The summed E-state index contributed by atoms with van der Waals surface area (Å²) >= 11 is 1.53. The Kier molecular flexibility index (Phi) is 4.26. The van der Waals surface area contributed by atoms with Gasteiger partial charge in [-0.1, -0.05) is 18.9 Å². The van der Waals surface area contributed by atoms with Crippen LogP contribution in [-0.2, 0) is 11.3 Å². The van der Waals surface area contributed by atoms with Crippen LogP contribution in [0.3, 0.4) is 0 Å². The maximum Gasteiger partial charge on any atom is 0.243 e. The number of aliphatic hydroxyl groups excluding tert-OH is 1. The van der Waals surface area contributed by atoms with Crippen molar-refractivity contribution in [2.45, 2.75) is 44.4 Å². The van der Waals surface area contributed by atoms with E-state index in [9.17, 15) is 9.90 Å². The molecule has 0 aromatic carbocycles. The lowest BCUT2D eigenvalue weighted by molar-refractivity contribution is -0.124. The second kappa shape index (κ2) is 6.31. The zero-order chi connectivity index (χ0) is 14.7. The van der Waals surface area contributed by atoms with Crippen molar-refractivity contribution in [1.82, 2.24) is 25.5 Å². The van der Waals surface area contributed by atoms with E-state index >= 15 is 0 Å². The molecule has 0 spiro atoms. The van der Waals surface area contributed by atoms with Gasteiger partial charge in [-0.2, -0.15) is 4.80 Å². The van der Waals surface area contributed by atoms with Gasteiger partial charge in [0.05, 0.1) is 17.0 Å². The van der Waals surface area contributed by atoms with Gasteiger partial charge in [0.15, 0.2) is 0 Å². The van der Waals surface area contributed by atoms with Gasteiger partial charge in [-0.25, -0.2) is 0 Å². The molecule has 2 N–H and O–H groups in total. The quantitative estimate of drug-likeness (QED) is 0.872. The number of thiophene rings is 1. The van der Waals surface area contributed by atoms with Crippen LogP contribution in [0.2, 0.25) is 0 Å². The maximum atomic E-state index is 12.0. The van der Waals surface area contributed by atoms with Crippen molar-refractivity contribution in [3.8, 4) is 10.7 Å². The number of aromatic nitrogens is 4. The summed E-state index contributed by atoms with van der Waals surface area (Å²) in [6.45, 7) is 0.0155. The Morgan fingerprint density at radius 1 is 1.48 bits per heavy atom. The van der Waals surface area contributed by atoms with Crippen molar-refractivity contribution in [2.75, 3.05) is 0 Å². The van der Waals surface area contributed by atoms with Gasteiger partial charge in [-0.05, 0) is 29.5 Å². The average molecular weight is 307 g/mol. The van der Waals surface area contributed by atoms with E-state index in [0.29, 0.717) is 5.82 Å². The van der Waals surface area contributed by atoms with Crippen LogP contribution < -0.4 is 5.32 Å². The Morgan fingerprint density at radius 2 is 2.33 bits per heavy atom. The number of nitrogens with one attached hydrogen (secondary N) is 1. The Bertz CT molecular complexity index is 597. The summed E-state index contributed by atoms with van der Waals surface area (Å²) in [4.78, 5) is 14.2. The molecule has 2 aromatic rings. The number of aliphatic hydroxyl groups is 1. The van der Waals surface area contributed by atoms with E-state index in [-0.39, 0.29) is 18.5 Å². The fourth-order valence-electron chi connectivity index (χ4n) is 2.48. The van der Waals surface area contributed by atoms with Crippen LogP contribution in [0.15, 0.2) is 17.5 Å². The number of carbonyl (C=O) groups is 1. The Labute approximate surface area is 126 Å². The molecular formula is C13H17N5O2S. The third-order valence-electron chi connectivity index (χ3n) is 3.56. The van der Waals surface area contributed by atoms with Crippen molar-refractivity contribution in [2.24, 2.45) is 0 Å². The third-order valence-corrected chi connectivity index (χ3v) is 4.42. The second-order valence-corrected chi connectivity index (χ2v) is 6.09. The standard InChI is InChI=1S/C13H17N5O2S/c19-10-5-2-1-4-9(10)14-12(20)8-18-16-13(15-17-18)11-6-3-7-21-11/h3,6-7,9-10,19H,1-2,4-5,8H2,(H,14,20)/t9-,10-/m1/s1. The molecule has 1 saturated carbocycles. The zero-order valence-corrected chi connectivity index (χ0v) is 12.3. The molecule has 8 heteroatoms. The molecule has 0 unspecified atom stereocenters. The second-order valence-electron chi connectivity index (χ2n) is 5.15. The molecular weight excluding hydrogens is 290 g/mol. The zero-order valence-electron chi connectivity index (χ0n) is 11.5. The van der Waals surface area contributed by atoms with Gasteiger partial charge in [-0.15, -0.1) is 21.5 Å². The van der Waals surface area contributed by atoms with Crippen molar-refractivity contribution in [1.29, 1.82) is 0 Å². The third kappa shape index (κ3) is 3.45. The van der Waals surface area contributed by atoms with E-state index < -0.39 is 6.10 Å². The highest BCUT2D eigenvalue weighted by Gasteiger charge is 2.24. The predicted octanol–water partition coefficient (Wildman–Crippen LogP) is 0.821. The van der Waals surface area contributed by atoms with E-state index in [1.54, 1.807) is 0 Å². The molecule has 1 aliphatic carbocycles. The smallest absolute Gasteiger partial charge is 0.243 e. The van der Waals surface area contributed by atoms with Gasteiger partial charge >= 0.3 is 0 Å². The van der Waals surface area contributed by atoms with Gasteiger partial charge in [-0.3, -0.25) is 4.79 Å². The minimum Gasteiger partial charge on any atom is -0.391 e. The molecule has 112 valence electrons. The summed E-state index contributed by atoms with van der Waals surface area (Å²) in [6, 6.07) is 3.66. The Balaban J connectivity index is 1.57. The molecule has 1 aliphatic rings. The summed E-state index contributed by atoms with van der Waals surface area (Å²) in [5.74, 6) is 0.326. The van der Waals surface area contributed by atoms with E-state index in [1.807, 2.05) is 17.5 Å². The molecule has 0 bridgehead atoms. The van der Waals surface area contributed by atoms with Crippen molar-refractivity contribution >= 4 is 17.2 Å². The lowest BCUT2D eigenvalue weighted by Crippen LogP contribution is -2.46. The van der Waals surface area contributed by atoms with Gasteiger partial charge in [0.1, 0.15) is 6.54 Å². The monoisotopic (exact) mass is 307 g/mol. The van der Waals surface area contributed by atoms with E-state index in [2.05, 4.69) is 20.7 Å². The number of amides is 1. The molecule has 1 amide bonds. The summed E-state index contributed by atoms with van der Waals surface area (Å²) in [5, 5.41) is 26.6. The first-order valence-corrected chi connectivity index (χ1v) is 7.89. The molecule has 2 atom stereocenters. The van der Waals surface area contributed by atoms with Gasteiger partial charge in [0.25, 0.3) is 0 Å². The summed E-state index contributed by atoms with van der Waals surface area (Å²) < 4.78 is 0. The fraction of sp³-hybridized carbons (Fsp3) is 0.538. The Hall–Kier alpha value is -1.80. The van der Waals surface area contributed by atoms with Crippen LogP contribution in [-0.4, -0.2) is 43.4 Å². The molecule has 1 fully saturated rings. The SMILES string of the molecule is O=C(Cn1nnc(-c2cccs2)n1)N[C@@H]1CCCC[C@H]1O. The van der Waals surface area contributed by atoms with Crippen LogP contribution in [0.1, 0.15) is 25.7 Å². The van der Waals surface area contributed by atoms with Gasteiger partial charge in [0, 0.05) is 0 Å². The molecule has 0 radical (unpaired) electrons. The number of rotatable bonds is 4. The van der Waals surface area contributed by atoms with Crippen molar-refractivity contribution < 1.29 is 9.90 Å². The van der Waals surface area contributed by atoms with E-state index in [4.69, 9.17) is 0 Å². The molecule has 7 nitrogen and oxygen atoms in total. The lowest BCUT2D eigenvalue weighted by atomic mass is 9.92. The first kappa shape index (κ1) is 14.2. The number of carbonyl (C=O) groups excluding carboxylic acids is 1. The predicted molar refractivity (Wildman–Crippen MR) is 77.5 cm³/mol. The first-order valence-electron chi connectivity index (χ1n) is 7.01. The largest absolute Gasteiger partial charge is 0.391 e. The lowest BCUT2D eigenvalue weighted by Gasteiger charge is -2.28. The van der Waals surface area contributed by atoms with Crippen LogP contribution in [0.25, 0.3) is 10.7 Å². The highest BCUT2D eigenvalue weighted by molar-refractivity contribution is 7.13. The van der Waals surface area contributed by atoms with Crippen molar-refractivity contribution in [3.05, 3.63) is 17.5 Å². The average Bonchev–Trinajstić information content (AvgIpc) is 3.12. The molecule has 2 aromatic heterocycles. The molecule has 3 rings (SSSR count). The van der Waals surface area contributed by atoms with Gasteiger partial charge < -0.3 is 10.4 Å². The normalized spacial score (nSPS) is 22.1. The number of hydrogen-bond acceptors (Lipinski definition) is 6. The number of tetrazole rings is 1. The summed E-state index contributed by atoms with van der Waals surface area (Å²) in [6.07, 6.45) is 3.16. The van der Waals surface area contributed by atoms with Crippen LogP contribution in [0, 0.1) is 0 Å². The molecule has 0 aliphatic heterocycles. The van der Waals surface area contributed by atoms with E-state index in [0.717, 1.165) is 30.6 Å². The topological polar surface area (TPSA) is 92.9 Å². The first-order chi connectivity index (χ1) is 10.2. The maximum absolute atomic E-state index is 12.0. The number of nitrogens with zero attached hydrogens (tertiary/aromatic N) is 4. The van der Waals surface area contributed by atoms with Crippen LogP contribution in [0.5, 0.6) is 0 Å². The highest BCUT2D eigenvalue weighted by Crippen LogP contribution is 2.20. The van der Waals surface area contributed by atoms with Gasteiger partial charge in [0.2, 0.25) is 11.7 Å². The summed E-state index contributed by atoms with van der Waals surface area (Å²) in [7, 11) is 0. The molecule has 0 saturated heterocycles.